The maximum Gasteiger partial charge on any atom is 0.260 e. The molecule has 0 amide bonds. The van der Waals surface area contributed by atoms with E-state index >= 15 is 0 Å². The number of aromatic nitrogens is 1. The molecule has 0 saturated carbocycles. The van der Waals surface area contributed by atoms with Gasteiger partial charge in [-0.25, -0.2) is 13.4 Å². The molecule has 2 heterocycles. The first-order chi connectivity index (χ1) is 8.85. The summed E-state index contributed by atoms with van der Waals surface area (Å²) in [4.78, 5) is 3.94. The topological polar surface area (TPSA) is 70.5 Å². The third-order valence-electron chi connectivity index (χ3n) is 3.66. The van der Waals surface area contributed by atoms with Crippen molar-refractivity contribution in [1.82, 2.24) is 9.29 Å². The molecule has 106 valence electrons. The van der Waals surface area contributed by atoms with Gasteiger partial charge in [0.2, 0.25) is 0 Å². The van der Waals surface area contributed by atoms with Crippen LogP contribution in [-0.4, -0.2) is 35.9 Å². The quantitative estimate of drug-likeness (QED) is 0.910. The average Bonchev–Trinajstić information content (AvgIpc) is 2.38. The Morgan fingerprint density at radius 1 is 1.32 bits per heavy atom. The van der Waals surface area contributed by atoms with Gasteiger partial charge in [0.05, 0.1) is 6.61 Å². The molecule has 6 heteroatoms. The standard InChI is InChI=1S/C13H20N2O3S/c1-13(2)5-7-15(8-6-13)19(17,18)12-4-3-11(10-16)9-14-12/h3-4,9,16H,5-8,10H2,1-2H3. The normalized spacial score (nSPS) is 20.4. The number of hydrogen-bond acceptors (Lipinski definition) is 4. The van der Waals surface area contributed by atoms with Gasteiger partial charge in [-0.05, 0) is 29.9 Å². The van der Waals surface area contributed by atoms with Crippen molar-refractivity contribution in [2.75, 3.05) is 13.1 Å². The van der Waals surface area contributed by atoms with Crippen molar-refractivity contribution in [1.29, 1.82) is 0 Å². The van der Waals surface area contributed by atoms with E-state index in [9.17, 15) is 8.42 Å². The summed E-state index contributed by atoms with van der Waals surface area (Å²) in [6.07, 6.45) is 3.13. The first kappa shape index (κ1) is 14.4. The van der Waals surface area contributed by atoms with E-state index in [0.29, 0.717) is 18.7 Å². The fourth-order valence-corrected chi connectivity index (χ4v) is 3.47. The van der Waals surface area contributed by atoms with Crippen molar-refractivity contribution in [3.8, 4) is 0 Å². The maximum absolute atomic E-state index is 12.4. The summed E-state index contributed by atoms with van der Waals surface area (Å²) in [6, 6.07) is 3.05. The number of aliphatic hydroxyl groups excluding tert-OH is 1. The second-order valence-corrected chi connectivity index (χ2v) is 7.62. The van der Waals surface area contributed by atoms with Crippen LogP contribution in [0.15, 0.2) is 23.4 Å². The molecule has 1 aromatic rings. The van der Waals surface area contributed by atoms with Crippen molar-refractivity contribution in [3.05, 3.63) is 23.9 Å². The minimum atomic E-state index is -3.50. The second-order valence-electron chi connectivity index (χ2n) is 5.73. The monoisotopic (exact) mass is 284 g/mol. The highest BCUT2D eigenvalue weighted by Gasteiger charge is 2.33. The summed E-state index contributed by atoms with van der Waals surface area (Å²) in [5.74, 6) is 0. The molecule has 1 saturated heterocycles. The maximum atomic E-state index is 12.4. The van der Waals surface area contributed by atoms with Crippen LogP contribution < -0.4 is 0 Å². The van der Waals surface area contributed by atoms with Crippen LogP contribution in [0.4, 0.5) is 0 Å². The van der Waals surface area contributed by atoms with Gasteiger partial charge >= 0.3 is 0 Å². The fourth-order valence-electron chi connectivity index (χ4n) is 2.12. The predicted octanol–water partition coefficient (Wildman–Crippen LogP) is 1.38. The van der Waals surface area contributed by atoms with Crippen molar-refractivity contribution in [2.45, 2.75) is 38.3 Å². The summed E-state index contributed by atoms with van der Waals surface area (Å²) in [5.41, 5.74) is 0.818. The number of rotatable bonds is 3. The van der Waals surface area contributed by atoms with Crippen LogP contribution in [0, 0.1) is 5.41 Å². The van der Waals surface area contributed by atoms with Gasteiger partial charge in [0.15, 0.2) is 5.03 Å². The molecule has 0 bridgehead atoms. The van der Waals surface area contributed by atoms with Crippen LogP contribution in [0.5, 0.6) is 0 Å². The van der Waals surface area contributed by atoms with Gasteiger partial charge in [-0.1, -0.05) is 19.9 Å². The molecule has 1 N–H and O–H groups in total. The minimum absolute atomic E-state index is 0.0596. The van der Waals surface area contributed by atoms with E-state index in [0.717, 1.165) is 12.8 Å². The molecule has 1 fully saturated rings. The summed E-state index contributed by atoms with van der Waals surface area (Å²) in [6.45, 7) is 5.26. The Balaban J connectivity index is 2.18. The minimum Gasteiger partial charge on any atom is -0.392 e. The Morgan fingerprint density at radius 2 is 1.95 bits per heavy atom. The highest BCUT2D eigenvalue weighted by Crippen LogP contribution is 2.31. The molecule has 0 radical (unpaired) electrons. The summed E-state index contributed by atoms with van der Waals surface area (Å²) in [5, 5.41) is 9.00. The first-order valence-electron chi connectivity index (χ1n) is 6.41. The Bertz CT molecular complexity index is 528. The van der Waals surface area contributed by atoms with Crippen LogP contribution >= 0.6 is 0 Å². The SMILES string of the molecule is CC1(C)CCN(S(=O)(=O)c2ccc(CO)cn2)CC1. The van der Waals surface area contributed by atoms with Gasteiger partial charge in [0, 0.05) is 19.3 Å². The Morgan fingerprint density at radius 3 is 2.42 bits per heavy atom. The lowest BCUT2D eigenvalue weighted by Gasteiger charge is -2.35. The lowest BCUT2D eigenvalue weighted by atomic mass is 9.83. The lowest BCUT2D eigenvalue weighted by molar-refractivity contribution is 0.195. The molecule has 0 spiro atoms. The van der Waals surface area contributed by atoms with Gasteiger partial charge in [-0.2, -0.15) is 4.31 Å². The van der Waals surface area contributed by atoms with Gasteiger partial charge in [-0.3, -0.25) is 0 Å². The van der Waals surface area contributed by atoms with E-state index in [1.54, 1.807) is 6.07 Å². The molecule has 1 aromatic heterocycles. The van der Waals surface area contributed by atoms with E-state index in [4.69, 9.17) is 5.11 Å². The van der Waals surface area contributed by atoms with E-state index in [1.165, 1.54) is 16.6 Å². The molecule has 0 unspecified atom stereocenters. The largest absolute Gasteiger partial charge is 0.392 e. The molecular weight excluding hydrogens is 264 g/mol. The van der Waals surface area contributed by atoms with Crippen molar-refractivity contribution in [2.24, 2.45) is 5.41 Å². The third-order valence-corrected chi connectivity index (χ3v) is 5.48. The molecular formula is C13H20N2O3S. The second kappa shape index (κ2) is 5.19. The first-order valence-corrected chi connectivity index (χ1v) is 7.85. The zero-order valence-corrected chi connectivity index (χ0v) is 12.2. The number of aliphatic hydroxyl groups is 1. The Hall–Kier alpha value is -0.980. The lowest BCUT2D eigenvalue weighted by Crippen LogP contribution is -2.41. The molecule has 19 heavy (non-hydrogen) atoms. The van der Waals surface area contributed by atoms with Crippen LogP contribution in [0.3, 0.4) is 0 Å². The number of pyridine rings is 1. The third kappa shape index (κ3) is 3.13. The van der Waals surface area contributed by atoms with Gasteiger partial charge in [-0.15, -0.1) is 0 Å². The number of piperidine rings is 1. The zero-order valence-electron chi connectivity index (χ0n) is 11.3. The fraction of sp³-hybridized carbons (Fsp3) is 0.615. The van der Waals surface area contributed by atoms with Gasteiger partial charge in [0.25, 0.3) is 10.0 Å². The Kier molecular flexibility index (Phi) is 3.94. The highest BCUT2D eigenvalue weighted by atomic mass is 32.2. The van der Waals surface area contributed by atoms with Gasteiger partial charge in [0.1, 0.15) is 0 Å². The van der Waals surface area contributed by atoms with E-state index in [-0.39, 0.29) is 17.0 Å². The summed E-state index contributed by atoms with van der Waals surface area (Å²) < 4.78 is 26.3. The smallest absolute Gasteiger partial charge is 0.260 e. The van der Waals surface area contributed by atoms with Crippen molar-refractivity contribution < 1.29 is 13.5 Å². The predicted molar refractivity (Wildman–Crippen MR) is 71.9 cm³/mol. The van der Waals surface area contributed by atoms with Gasteiger partial charge < -0.3 is 5.11 Å². The average molecular weight is 284 g/mol. The van der Waals surface area contributed by atoms with Crippen LogP contribution in [-0.2, 0) is 16.6 Å². The number of nitrogens with zero attached hydrogens (tertiary/aromatic N) is 2. The number of sulfonamides is 1. The zero-order chi connectivity index (χ0) is 14.1. The highest BCUT2D eigenvalue weighted by molar-refractivity contribution is 7.89. The van der Waals surface area contributed by atoms with E-state index < -0.39 is 10.0 Å². The molecule has 5 nitrogen and oxygen atoms in total. The van der Waals surface area contributed by atoms with Crippen molar-refractivity contribution in [3.63, 3.8) is 0 Å². The molecule has 0 aromatic carbocycles. The van der Waals surface area contributed by atoms with E-state index in [2.05, 4.69) is 18.8 Å². The molecule has 0 aliphatic carbocycles. The summed E-state index contributed by atoms with van der Waals surface area (Å²) >= 11 is 0. The molecule has 1 aliphatic heterocycles. The van der Waals surface area contributed by atoms with Crippen LogP contribution in [0.2, 0.25) is 0 Å². The molecule has 1 aliphatic rings. The number of hydrogen-bond donors (Lipinski definition) is 1. The molecule has 2 rings (SSSR count). The van der Waals surface area contributed by atoms with Crippen molar-refractivity contribution >= 4 is 10.0 Å². The van der Waals surface area contributed by atoms with Crippen LogP contribution in [0.1, 0.15) is 32.3 Å². The van der Waals surface area contributed by atoms with E-state index in [1.807, 2.05) is 0 Å². The summed E-state index contributed by atoms with van der Waals surface area (Å²) in [7, 11) is -3.50. The van der Waals surface area contributed by atoms with Crippen LogP contribution in [0.25, 0.3) is 0 Å². The Labute approximate surface area is 114 Å². The molecule has 0 atom stereocenters.